The van der Waals surface area contributed by atoms with Crippen molar-refractivity contribution in [3.8, 4) is 0 Å². The molecule has 1 fully saturated rings. The van der Waals surface area contributed by atoms with E-state index in [0.717, 1.165) is 5.56 Å². The minimum absolute atomic E-state index is 0.0333. The maximum Gasteiger partial charge on any atom is 0.255 e. The van der Waals surface area contributed by atoms with Gasteiger partial charge < -0.3 is 4.90 Å². The highest BCUT2D eigenvalue weighted by Crippen LogP contribution is 2.28. The fourth-order valence-corrected chi connectivity index (χ4v) is 5.66. The SMILES string of the molecule is O=C(c1ccccc1Br)N(Cc1ccc(Cl)cc1Cl)[C@H]1CCS(=O)(=O)C1. The Hall–Kier alpha value is -1.08. The summed E-state index contributed by atoms with van der Waals surface area (Å²) in [5.74, 6) is -0.175. The van der Waals surface area contributed by atoms with Crippen molar-refractivity contribution in [1.82, 2.24) is 4.90 Å². The summed E-state index contributed by atoms with van der Waals surface area (Å²) in [5, 5.41) is 0.953. The molecule has 8 heteroatoms. The first kappa shape index (κ1) is 19.7. The maximum absolute atomic E-state index is 13.2. The Kier molecular flexibility index (Phi) is 5.97. The van der Waals surface area contributed by atoms with Gasteiger partial charge in [-0.25, -0.2) is 8.42 Å². The molecule has 0 saturated carbocycles. The Bertz CT molecular complexity index is 949. The number of carbonyl (C=O) groups is 1. The molecule has 0 spiro atoms. The minimum Gasteiger partial charge on any atom is -0.330 e. The fourth-order valence-electron chi connectivity index (χ4n) is 3.01. The molecule has 0 N–H and O–H groups in total. The molecule has 26 heavy (non-hydrogen) atoms. The third kappa shape index (κ3) is 4.42. The third-order valence-corrected chi connectivity index (χ3v) is 7.40. The largest absolute Gasteiger partial charge is 0.330 e. The van der Waals surface area contributed by atoms with E-state index >= 15 is 0 Å². The van der Waals surface area contributed by atoms with Crippen LogP contribution in [-0.4, -0.2) is 36.8 Å². The lowest BCUT2D eigenvalue weighted by molar-refractivity contribution is 0.0680. The Morgan fingerprint density at radius 3 is 2.54 bits per heavy atom. The molecule has 4 nitrogen and oxygen atoms in total. The Morgan fingerprint density at radius 1 is 1.19 bits per heavy atom. The summed E-state index contributed by atoms with van der Waals surface area (Å²) in [6, 6.07) is 11.8. The molecule has 1 saturated heterocycles. The van der Waals surface area contributed by atoms with Crippen LogP contribution in [0, 0.1) is 0 Å². The normalized spacial score (nSPS) is 18.7. The standard InChI is InChI=1S/C18H16BrCl2NO3S/c19-16-4-2-1-3-15(16)18(23)22(14-7-8-26(24,25)11-14)10-12-5-6-13(20)9-17(12)21/h1-6,9,14H,7-8,10-11H2/t14-/m0/s1. The van der Waals surface area contributed by atoms with E-state index in [2.05, 4.69) is 15.9 Å². The van der Waals surface area contributed by atoms with Gasteiger partial charge in [-0.3, -0.25) is 4.79 Å². The molecule has 1 aliphatic heterocycles. The van der Waals surface area contributed by atoms with Crippen molar-refractivity contribution in [3.63, 3.8) is 0 Å². The van der Waals surface area contributed by atoms with E-state index in [4.69, 9.17) is 23.2 Å². The van der Waals surface area contributed by atoms with E-state index in [1.54, 1.807) is 41.3 Å². The molecule has 0 aromatic heterocycles. The van der Waals surface area contributed by atoms with Crippen LogP contribution < -0.4 is 0 Å². The molecule has 1 amide bonds. The number of rotatable bonds is 4. The fraction of sp³-hybridized carbons (Fsp3) is 0.278. The average molecular weight is 477 g/mol. The second kappa shape index (κ2) is 7.89. The lowest BCUT2D eigenvalue weighted by atomic mass is 10.1. The van der Waals surface area contributed by atoms with Crippen molar-refractivity contribution in [3.05, 3.63) is 68.1 Å². The second-order valence-electron chi connectivity index (χ2n) is 6.21. The molecule has 3 rings (SSSR count). The Morgan fingerprint density at radius 2 is 1.92 bits per heavy atom. The number of halogens is 3. The summed E-state index contributed by atoms with van der Waals surface area (Å²) < 4.78 is 24.6. The zero-order valence-electron chi connectivity index (χ0n) is 13.7. The molecule has 0 radical (unpaired) electrons. The highest BCUT2D eigenvalue weighted by atomic mass is 79.9. The van der Waals surface area contributed by atoms with Crippen LogP contribution in [-0.2, 0) is 16.4 Å². The molecular weight excluding hydrogens is 461 g/mol. The van der Waals surface area contributed by atoms with Crippen molar-refractivity contribution in [2.45, 2.75) is 19.0 Å². The van der Waals surface area contributed by atoms with Crippen LogP contribution in [0.3, 0.4) is 0 Å². The molecule has 2 aromatic rings. The van der Waals surface area contributed by atoms with Gasteiger partial charge in [0.15, 0.2) is 9.84 Å². The molecule has 1 atom stereocenters. The molecule has 0 bridgehead atoms. The third-order valence-electron chi connectivity index (χ3n) is 4.37. The van der Waals surface area contributed by atoms with Crippen molar-refractivity contribution in [2.24, 2.45) is 0 Å². The zero-order chi connectivity index (χ0) is 18.9. The summed E-state index contributed by atoms with van der Waals surface area (Å²) in [7, 11) is -3.14. The van der Waals surface area contributed by atoms with E-state index < -0.39 is 9.84 Å². The number of carbonyl (C=O) groups excluding carboxylic acids is 1. The number of nitrogens with zero attached hydrogens (tertiary/aromatic N) is 1. The summed E-state index contributed by atoms with van der Waals surface area (Å²) in [5.41, 5.74) is 1.21. The van der Waals surface area contributed by atoms with Crippen molar-refractivity contribution in [2.75, 3.05) is 11.5 Å². The van der Waals surface area contributed by atoms with Gasteiger partial charge in [-0.2, -0.15) is 0 Å². The molecule has 1 heterocycles. The topological polar surface area (TPSA) is 54.5 Å². The summed E-state index contributed by atoms with van der Waals surface area (Å²) in [6.07, 6.45) is 0.420. The number of benzene rings is 2. The first-order chi connectivity index (χ1) is 12.3. The van der Waals surface area contributed by atoms with Crippen molar-refractivity contribution < 1.29 is 13.2 Å². The Labute approximate surface area is 171 Å². The highest BCUT2D eigenvalue weighted by Gasteiger charge is 2.35. The minimum atomic E-state index is -3.14. The van der Waals surface area contributed by atoms with Gasteiger partial charge >= 0.3 is 0 Å². The van der Waals surface area contributed by atoms with E-state index in [9.17, 15) is 13.2 Å². The van der Waals surface area contributed by atoms with Gasteiger partial charge in [0.2, 0.25) is 0 Å². The van der Waals surface area contributed by atoms with Crippen LogP contribution in [0.5, 0.6) is 0 Å². The van der Waals surface area contributed by atoms with Gasteiger partial charge in [-0.05, 0) is 52.2 Å². The van der Waals surface area contributed by atoms with Crippen LogP contribution in [0.2, 0.25) is 10.0 Å². The van der Waals surface area contributed by atoms with Gasteiger partial charge in [0.05, 0.1) is 17.1 Å². The van der Waals surface area contributed by atoms with E-state index in [0.29, 0.717) is 26.5 Å². The molecule has 1 aliphatic rings. The van der Waals surface area contributed by atoms with Crippen LogP contribution in [0.1, 0.15) is 22.3 Å². The summed E-state index contributed by atoms with van der Waals surface area (Å²) in [6.45, 7) is 0.219. The van der Waals surface area contributed by atoms with E-state index in [-0.39, 0.29) is 30.0 Å². The maximum atomic E-state index is 13.2. The predicted octanol–water partition coefficient (Wildman–Crippen LogP) is 4.59. The second-order valence-corrected chi connectivity index (χ2v) is 10.1. The van der Waals surface area contributed by atoms with Crippen LogP contribution in [0.15, 0.2) is 46.9 Å². The molecule has 0 aliphatic carbocycles. The molecular formula is C18H16BrCl2NO3S. The first-order valence-corrected chi connectivity index (χ1v) is 11.3. The van der Waals surface area contributed by atoms with Crippen molar-refractivity contribution >= 4 is 54.9 Å². The highest BCUT2D eigenvalue weighted by molar-refractivity contribution is 9.10. The van der Waals surface area contributed by atoms with Gasteiger partial charge in [-0.15, -0.1) is 0 Å². The lowest BCUT2D eigenvalue weighted by Crippen LogP contribution is -2.40. The number of sulfone groups is 1. The molecule has 0 unspecified atom stereocenters. The predicted molar refractivity (Wildman–Crippen MR) is 108 cm³/mol. The smallest absolute Gasteiger partial charge is 0.255 e. The zero-order valence-corrected chi connectivity index (χ0v) is 17.6. The van der Waals surface area contributed by atoms with Gasteiger partial charge in [-0.1, -0.05) is 41.4 Å². The summed E-state index contributed by atoms with van der Waals surface area (Å²) >= 11 is 15.6. The van der Waals surface area contributed by atoms with Crippen LogP contribution in [0.4, 0.5) is 0 Å². The first-order valence-electron chi connectivity index (χ1n) is 7.97. The van der Waals surface area contributed by atoms with E-state index in [1.165, 1.54) is 0 Å². The van der Waals surface area contributed by atoms with Gasteiger partial charge in [0, 0.05) is 27.1 Å². The molecule has 138 valence electrons. The van der Waals surface area contributed by atoms with Crippen LogP contribution in [0.25, 0.3) is 0 Å². The number of hydrogen-bond acceptors (Lipinski definition) is 3. The quantitative estimate of drug-likeness (QED) is 0.648. The van der Waals surface area contributed by atoms with Crippen LogP contribution >= 0.6 is 39.1 Å². The average Bonchev–Trinajstić information content (AvgIpc) is 2.94. The Balaban J connectivity index is 1.96. The number of amides is 1. The molecule has 2 aromatic carbocycles. The summed E-state index contributed by atoms with van der Waals surface area (Å²) in [4.78, 5) is 14.8. The lowest BCUT2D eigenvalue weighted by Gasteiger charge is -2.29. The monoisotopic (exact) mass is 475 g/mol. The van der Waals surface area contributed by atoms with Gasteiger partial charge in [0.25, 0.3) is 5.91 Å². The number of hydrogen-bond donors (Lipinski definition) is 0. The van der Waals surface area contributed by atoms with E-state index in [1.807, 2.05) is 6.07 Å². The van der Waals surface area contributed by atoms with Gasteiger partial charge in [0.1, 0.15) is 0 Å². The van der Waals surface area contributed by atoms with Crippen molar-refractivity contribution in [1.29, 1.82) is 0 Å².